The van der Waals surface area contributed by atoms with Crippen LogP contribution in [0.5, 0.6) is 0 Å². The van der Waals surface area contributed by atoms with E-state index in [2.05, 4.69) is 15.4 Å². The van der Waals surface area contributed by atoms with Gasteiger partial charge in [0.25, 0.3) is 0 Å². The van der Waals surface area contributed by atoms with E-state index in [1.807, 2.05) is 0 Å². The Morgan fingerprint density at radius 1 is 1.12 bits per heavy atom. The van der Waals surface area contributed by atoms with Gasteiger partial charge >= 0.3 is 0 Å². The van der Waals surface area contributed by atoms with Gasteiger partial charge < -0.3 is 5.11 Å². The fourth-order valence-corrected chi connectivity index (χ4v) is 2.97. The van der Waals surface area contributed by atoms with E-state index in [1.165, 1.54) is 24.3 Å². The third-order valence-electron chi connectivity index (χ3n) is 4.28. The van der Waals surface area contributed by atoms with Gasteiger partial charge in [-0.1, -0.05) is 23.7 Å². The highest BCUT2D eigenvalue weighted by molar-refractivity contribution is 6.30. The van der Waals surface area contributed by atoms with Crippen molar-refractivity contribution in [2.45, 2.75) is 24.2 Å². The molecule has 0 spiro atoms. The van der Waals surface area contributed by atoms with Crippen molar-refractivity contribution < 1.29 is 18.3 Å². The molecule has 0 saturated carbocycles. The average Bonchev–Trinajstić information content (AvgIpc) is 3.10. The predicted octanol–water partition coefficient (Wildman–Crippen LogP) is 4.40. The number of hydrogen-bond acceptors (Lipinski definition) is 4. The van der Waals surface area contributed by atoms with E-state index >= 15 is 4.39 Å². The Hall–Kier alpha value is -2.25. The molecule has 3 atom stereocenters. The van der Waals surface area contributed by atoms with Crippen LogP contribution in [0.3, 0.4) is 0 Å². The molecule has 0 fully saturated rings. The molecule has 130 valence electrons. The van der Waals surface area contributed by atoms with E-state index in [-0.39, 0.29) is 5.56 Å². The standard InChI is InChI=1S/C17H13ClF3N3O/c1-16(21,15-9-22-24-23-15)17(25,10-2-4-11(18)5-3-10)13-7-6-12(19)8-14(13)20/h2-9,15,25H,1H3. The van der Waals surface area contributed by atoms with Crippen LogP contribution in [0.4, 0.5) is 13.2 Å². The van der Waals surface area contributed by atoms with Crippen LogP contribution < -0.4 is 0 Å². The molecule has 8 heteroatoms. The first-order valence-corrected chi connectivity index (χ1v) is 7.71. The van der Waals surface area contributed by atoms with Gasteiger partial charge in [-0.15, -0.1) is 5.10 Å². The molecule has 3 rings (SSSR count). The van der Waals surface area contributed by atoms with Crippen molar-refractivity contribution in [2.24, 2.45) is 15.4 Å². The van der Waals surface area contributed by atoms with Crippen LogP contribution in [0.1, 0.15) is 18.1 Å². The summed E-state index contributed by atoms with van der Waals surface area (Å²) in [5.74, 6) is -1.93. The number of halogens is 4. The first-order chi connectivity index (χ1) is 11.8. The zero-order valence-corrected chi connectivity index (χ0v) is 13.8. The summed E-state index contributed by atoms with van der Waals surface area (Å²) in [4.78, 5) is 0. The second-order valence-electron chi connectivity index (χ2n) is 5.83. The maximum absolute atomic E-state index is 15.8. The van der Waals surface area contributed by atoms with Crippen LogP contribution in [0, 0.1) is 11.6 Å². The average molecular weight is 368 g/mol. The van der Waals surface area contributed by atoms with Crippen molar-refractivity contribution in [1.29, 1.82) is 0 Å². The fourth-order valence-electron chi connectivity index (χ4n) is 2.85. The van der Waals surface area contributed by atoms with Crippen LogP contribution in [0.2, 0.25) is 5.02 Å². The molecular weight excluding hydrogens is 355 g/mol. The van der Waals surface area contributed by atoms with Crippen molar-refractivity contribution in [2.75, 3.05) is 0 Å². The Kier molecular flexibility index (Phi) is 4.38. The largest absolute Gasteiger partial charge is 0.377 e. The van der Waals surface area contributed by atoms with Gasteiger partial charge in [0, 0.05) is 16.7 Å². The van der Waals surface area contributed by atoms with Gasteiger partial charge in [0.1, 0.15) is 17.7 Å². The topological polar surface area (TPSA) is 57.3 Å². The number of benzene rings is 2. The molecular formula is C17H13ClF3N3O. The Morgan fingerprint density at radius 3 is 2.36 bits per heavy atom. The lowest BCUT2D eigenvalue weighted by Crippen LogP contribution is -2.54. The van der Waals surface area contributed by atoms with Crippen LogP contribution in [-0.2, 0) is 5.60 Å². The quantitative estimate of drug-likeness (QED) is 0.855. The second kappa shape index (κ2) is 6.24. The lowest BCUT2D eigenvalue weighted by Gasteiger charge is -2.41. The van der Waals surface area contributed by atoms with E-state index in [9.17, 15) is 13.9 Å². The lowest BCUT2D eigenvalue weighted by molar-refractivity contribution is -0.0741. The van der Waals surface area contributed by atoms with E-state index in [4.69, 9.17) is 11.6 Å². The summed E-state index contributed by atoms with van der Waals surface area (Å²) in [6.45, 7) is 1.06. The summed E-state index contributed by atoms with van der Waals surface area (Å²) >= 11 is 5.85. The molecule has 1 aliphatic heterocycles. The smallest absolute Gasteiger partial charge is 0.174 e. The highest BCUT2D eigenvalue weighted by Crippen LogP contribution is 2.46. The molecule has 0 aliphatic carbocycles. The molecule has 1 N–H and O–H groups in total. The summed E-state index contributed by atoms with van der Waals surface area (Å²) in [6, 6.07) is 6.87. The Balaban J connectivity index is 2.25. The molecule has 4 nitrogen and oxygen atoms in total. The minimum Gasteiger partial charge on any atom is -0.377 e. The minimum atomic E-state index is -2.54. The third-order valence-corrected chi connectivity index (χ3v) is 4.53. The zero-order chi connectivity index (χ0) is 18.2. The number of hydrogen-bond donors (Lipinski definition) is 1. The van der Waals surface area contributed by atoms with Crippen molar-refractivity contribution in [3.63, 3.8) is 0 Å². The van der Waals surface area contributed by atoms with Crippen LogP contribution in [0.15, 0.2) is 57.9 Å². The number of rotatable bonds is 4. The summed E-state index contributed by atoms with van der Waals surface area (Å²) in [7, 11) is 0. The molecule has 0 bridgehead atoms. The number of nitrogens with zero attached hydrogens (tertiary/aromatic N) is 3. The highest BCUT2D eigenvalue weighted by atomic mass is 35.5. The number of aliphatic hydroxyl groups is 1. The van der Waals surface area contributed by atoms with E-state index < -0.39 is 34.5 Å². The minimum absolute atomic E-state index is 0.0305. The van der Waals surface area contributed by atoms with Gasteiger partial charge in [0.05, 0.1) is 6.21 Å². The summed E-state index contributed by atoms with van der Waals surface area (Å²) in [5.41, 5.74) is -5.43. The normalized spacial score (nSPS) is 21.1. The van der Waals surface area contributed by atoms with Gasteiger partial charge in [-0.2, -0.15) is 5.11 Å². The predicted molar refractivity (Wildman–Crippen MR) is 87.5 cm³/mol. The Morgan fingerprint density at radius 2 is 1.80 bits per heavy atom. The summed E-state index contributed by atoms with van der Waals surface area (Å²) in [6.07, 6.45) is 1.11. The van der Waals surface area contributed by atoms with E-state index in [0.717, 1.165) is 25.3 Å². The Labute approximate surface area is 146 Å². The van der Waals surface area contributed by atoms with Gasteiger partial charge in [-0.05, 0) is 42.0 Å². The van der Waals surface area contributed by atoms with Gasteiger partial charge in [0.2, 0.25) is 0 Å². The van der Waals surface area contributed by atoms with Crippen molar-refractivity contribution in [1.82, 2.24) is 0 Å². The van der Waals surface area contributed by atoms with Crippen molar-refractivity contribution in [3.05, 3.63) is 70.2 Å². The molecule has 1 aliphatic rings. The SMILES string of the molecule is CC(F)(C1C=NN=N1)C(O)(c1ccc(Cl)cc1)c1ccc(F)cc1F. The molecule has 0 amide bonds. The first kappa shape index (κ1) is 17.6. The number of alkyl halides is 1. The molecule has 0 radical (unpaired) electrons. The van der Waals surface area contributed by atoms with E-state index in [1.54, 1.807) is 0 Å². The maximum Gasteiger partial charge on any atom is 0.174 e. The lowest BCUT2D eigenvalue weighted by atomic mass is 9.71. The molecule has 0 saturated heterocycles. The zero-order valence-electron chi connectivity index (χ0n) is 13.0. The Bertz CT molecular complexity index is 843. The van der Waals surface area contributed by atoms with Crippen molar-refractivity contribution >= 4 is 17.8 Å². The first-order valence-electron chi connectivity index (χ1n) is 7.33. The van der Waals surface area contributed by atoms with Gasteiger partial charge in [-0.3, -0.25) is 0 Å². The fraction of sp³-hybridized carbons (Fsp3) is 0.235. The monoisotopic (exact) mass is 367 g/mol. The maximum atomic E-state index is 15.8. The van der Waals surface area contributed by atoms with E-state index in [0.29, 0.717) is 11.1 Å². The highest BCUT2D eigenvalue weighted by Gasteiger charge is 2.57. The molecule has 0 aromatic heterocycles. The van der Waals surface area contributed by atoms with Gasteiger partial charge in [-0.25, -0.2) is 13.2 Å². The molecule has 2 aromatic carbocycles. The second-order valence-corrected chi connectivity index (χ2v) is 6.27. The van der Waals surface area contributed by atoms with Crippen molar-refractivity contribution in [3.8, 4) is 0 Å². The summed E-state index contributed by atoms with van der Waals surface area (Å²) < 4.78 is 43.6. The van der Waals surface area contributed by atoms with Gasteiger partial charge in [0.15, 0.2) is 11.3 Å². The van der Waals surface area contributed by atoms with Crippen LogP contribution >= 0.6 is 11.6 Å². The third kappa shape index (κ3) is 2.83. The molecule has 1 heterocycles. The van der Waals surface area contributed by atoms with Crippen LogP contribution in [-0.4, -0.2) is 23.0 Å². The van der Waals surface area contributed by atoms with Crippen LogP contribution in [0.25, 0.3) is 0 Å². The molecule has 25 heavy (non-hydrogen) atoms. The molecule has 3 unspecified atom stereocenters. The molecule has 2 aromatic rings. The summed E-state index contributed by atoms with van der Waals surface area (Å²) in [5, 5.41) is 22.2.